The average Bonchev–Trinajstić information content (AvgIpc) is 2.68. The molecule has 1 aliphatic rings. The van der Waals surface area contributed by atoms with Crippen LogP contribution in [0.2, 0.25) is 0 Å². The summed E-state index contributed by atoms with van der Waals surface area (Å²) >= 11 is 1.80. The van der Waals surface area contributed by atoms with E-state index in [0.717, 1.165) is 23.4 Å². The van der Waals surface area contributed by atoms with E-state index in [1.54, 1.807) is 11.3 Å². The Hall–Kier alpha value is -1.26. The van der Waals surface area contributed by atoms with Gasteiger partial charge in [0.1, 0.15) is 5.01 Å². The van der Waals surface area contributed by atoms with E-state index in [9.17, 15) is 0 Å². The van der Waals surface area contributed by atoms with E-state index in [1.807, 2.05) is 24.5 Å². The van der Waals surface area contributed by atoms with Crippen molar-refractivity contribution in [3.05, 3.63) is 35.1 Å². The first-order chi connectivity index (χ1) is 8.24. The molecule has 0 aromatic carbocycles. The van der Waals surface area contributed by atoms with Crippen molar-refractivity contribution in [2.75, 3.05) is 0 Å². The van der Waals surface area contributed by atoms with Gasteiger partial charge in [-0.25, -0.2) is 4.98 Å². The van der Waals surface area contributed by atoms with Crippen LogP contribution in [0.4, 0.5) is 0 Å². The van der Waals surface area contributed by atoms with Crippen LogP contribution < -0.4 is 5.73 Å². The van der Waals surface area contributed by atoms with E-state index in [4.69, 9.17) is 5.73 Å². The number of rotatable bonds is 2. The molecular weight excluding hydrogens is 230 g/mol. The summed E-state index contributed by atoms with van der Waals surface area (Å²) in [6.07, 6.45) is 5.84. The third-order valence-electron chi connectivity index (χ3n) is 3.31. The summed E-state index contributed by atoms with van der Waals surface area (Å²) in [5, 5.41) is 1.10. The monoisotopic (exact) mass is 245 g/mol. The molecule has 88 valence electrons. The Morgan fingerprint density at radius 1 is 1.29 bits per heavy atom. The van der Waals surface area contributed by atoms with Gasteiger partial charge in [0.05, 0.1) is 5.69 Å². The summed E-state index contributed by atoms with van der Waals surface area (Å²) in [7, 11) is 0. The third-order valence-corrected chi connectivity index (χ3v) is 4.67. The fourth-order valence-corrected chi connectivity index (χ4v) is 3.48. The summed E-state index contributed by atoms with van der Waals surface area (Å²) < 4.78 is 0. The Kier molecular flexibility index (Phi) is 2.68. The molecule has 1 saturated carbocycles. The zero-order valence-corrected chi connectivity index (χ0v) is 10.6. The van der Waals surface area contributed by atoms with Gasteiger partial charge >= 0.3 is 0 Å². The highest BCUT2D eigenvalue weighted by Gasteiger charge is 2.30. The molecule has 0 saturated heterocycles. The molecule has 0 unspecified atom stereocenters. The van der Waals surface area contributed by atoms with Crippen LogP contribution in [0.3, 0.4) is 0 Å². The predicted molar refractivity (Wildman–Crippen MR) is 70.0 cm³/mol. The van der Waals surface area contributed by atoms with Crippen LogP contribution in [0.15, 0.2) is 24.5 Å². The molecule has 4 heteroatoms. The summed E-state index contributed by atoms with van der Waals surface area (Å²) in [6, 6.07) is 4.41. The Morgan fingerprint density at radius 2 is 2.00 bits per heavy atom. The molecule has 0 radical (unpaired) electrons. The maximum absolute atomic E-state index is 5.85. The van der Waals surface area contributed by atoms with Gasteiger partial charge in [0.15, 0.2) is 0 Å². The maximum Gasteiger partial charge on any atom is 0.123 e. The second-order valence-electron chi connectivity index (χ2n) is 4.63. The first-order valence-corrected chi connectivity index (χ1v) is 6.69. The number of nitrogens with zero attached hydrogens (tertiary/aromatic N) is 2. The number of aromatic nitrogens is 2. The molecule has 0 aliphatic heterocycles. The number of thiazole rings is 1. The average molecular weight is 245 g/mol. The summed E-state index contributed by atoms with van der Waals surface area (Å²) in [6.45, 7) is 2.10. The van der Waals surface area contributed by atoms with E-state index in [2.05, 4.69) is 16.9 Å². The lowest BCUT2D eigenvalue weighted by Crippen LogP contribution is -2.34. The van der Waals surface area contributed by atoms with Crippen molar-refractivity contribution in [3.63, 3.8) is 0 Å². The lowest BCUT2D eigenvalue weighted by atomic mass is 9.79. The number of pyridine rings is 1. The van der Waals surface area contributed by atoms with Gasteiger partial charge in [-0.1, -0.05) is 0 Å². The van der Waals surface area contributed by atoms with Crippen molar-refractivity contribution in [3.8, 4) is 10.6 Å². The van der Waals surface area contributed by atoms with Gasteiger partial charge in [-0.3, -0.25) is 4.98 Å². The van der Waals surface area contributed by atoms with E-state index in [-0.39, 0.29) is 0 Å². The highest BCUT2D eigenvalue weighted by atomic mass is 32.1. The minimum absolute atomic E-state index is 0.394. The molecule has 17 heavy (non-hydrogen) atoms. The third kappa shape index (κ3) is 1.98. The molecule has 3 nitrogen and oxygen atoms in total. The van der Waals surface area contributed by atoms with Gasteiger partial charge in [-0.15, -0.1) is 11.3 Å². The second kappa shape index (κ2) is 4.20. The lowest BCUT2D eigenvalue weighted by molar-refractivity contribution is 0.354. The zero-order valence-electron chi connectivity index (χ0n) is 9.76. The van der Waals surface area contributed by atoms with Crippen LogP contribution >= 0.6 is 11.3 Å². The Morgan fingerprint density at radius 3 is 2.65 bits per heavy atom. The summed E-state index contributed by atoms with van der Waals surface area (Å²) in [5.41, 5.74) is 8.17. The number of nitrogens with two attached hydrogens (primary N) is 1. The second-order valence-corrected chi connectivity index (χ2v) is 5.66. The molecule has 3 rings (SSSR count). The van der Waals surface area contributed by atoms with Gasteiger partial charge in [0.2, 0.25) is 0 Å². The SMILES string of the molecule is Cc1nc(-c2ccncc2)sc1C1CC(N)C1. The van der Waals surface area contributed by atoms with Crippen molar-refractivity contribution < 1.29 is 0 Å². The van der Waals surface area contributed by atoms with Crippen LogP contribution in [-0.2, 0) is 0 Å². The van der Waals surface area contributed by atoms with Crippen molar-refractivity contribution in [2.45, 2.75) is 31.7 Å². The predicted octanol–water partition coefficient (Wildman–Crippen LogP) is 2.72. The molecular formula is C13H15N3S. The zero-order chi connectivity index (χ0) is 11.8. The fourth-order valence-electron chi connectivity index (χ4n) is 2.28. The largest absolute Gasteiger partial charge is 0.328 e. The molecule has 0 atom stereocenters. The molecule has 0 bridgehead atoms. The van der Waals surface area contributed by atoms with Gasteiger partial charge in [-0.05, 0) is 37.8 Å². The molecule has 0 spiro atoms. The molecule has 2 N–H and O–H groups in total. The normalized spacial score (nSPS) is 23.4. The fraction of sp³-hybridized carbons (Fsp3) is 0.385. The summed E-state index contributed by atoms with van der Waals surface area (Å²) in [4.78, 5) is 10.1. The maximum atomic E-state index is 5.85. The van der Waals surface area contributed by atoms with E-state index >= 15 is 0 Å². The Balaban J connectivity index is 1.91. The van der Waals surface area contributed by atoms with Crippen LogP contribution in [0, 0.1) is 6.92 Å². The Bertz CT molecular complexity index is 515. The first-order valence-electron chi connectivity index (χ1n) is 5.87. The highest BCUT2D eigenvalue weighted by Crippen LogP contribution is 2.42. The van der Waals surface area contributed by atoms with Gasteiger partial charge in [-0.2, -0.15) is 0 Å². The smallest absolute Gasteiger partial charge is 0.123 e. The van der Waals surface area contributed by atoms with Crippen LogP contribution in [0.5, 0.6) is 0 Å². The van der Waals surface area contributed by atoms with Crippen LogP contribution in [0.1, 0.15) is 29.3 Å². The van der Waals surface area contributed by atoms with Crippen molar-refractivity contribution in [1.29, 1.82) is 0 Å². The van der Waals surface area contributed by atoms with Crippen molar-refractivity contribution >= 4 is 11.3 Å². The van der Waals surface area contributed by atoms with Gasteiger partial charge < -0.3 is 5.73 Å². The van der Waals surface area contributed by atoms with Crippen LogP contribution in [-0.4, -0.2) is 16.0 Å². The molecule has 1 fully saturated rings. The standard InChI is InChI=1S/C13H15N3S/c1-8-12(10-6-11(14)7-10)17-13(16-8)9-2-4-15-5-3-9/h2-5,10-11H,6-7,14H2,1H3. The lowest BCUT2D eigenvalue weighted by Gasteiger charge is -2.31. The quantitative estimate of drug-likeness (QED) is 0.885. The van der Waals surface area contributed by atoms with Crippen molar-refractivity contribution in [2.24, 2.45) is 5.73 Å². The number of hydrogen-bond acceptors (Lipinski definition) is 4. The molecule has 2 heterocycles. The summed E-state index contributed by atoms with van der Waals surface area (Å²) in [5.74, 6) is 0.637. The van der Waals surface area contributed by atoms with E-state index < -0.39 is 0 Å². The molecule has 2 aromatic heterocycles. The highest BCUT2D eigenvalue weighted by molar-refractivity contribution is 7.15. The number of hydrogen-bond donors (Lipinski definition) is 1. The molecule has 0 amide bonds. The first kappa shape index (κ1) is 10.9. The minimum atomic E-state index is 0.394. The van der Waals surface area contributed by atoms with Gasteiger partial charge in [0.25, 0.3) is 0 Å². The Labute approximate surface area is 105 Å². The topological polar surface area (TPSA) is 51.8 Å². The molecule has 2 aromatic rings. The van der Waals surface area contributed by atoms with Crippen molar-refractivity contribution in [1.82, 2.24) is 9.97 Å². The van der Waals surface area contributed by atoms with Gasteiger partial charge in [0, 0.05) is 28.9 Å². The number of aryl methyl sites for hydroxylation is 1. The van der Waals surface area contributed by atoms with Crippen LogP contribution in [0.25, 0.3) is 10.6 Å². The minimum Gasteiger partial charge on any atom is -0.328 e. The van der Waals surface area contributed by atoms with E-state index in [1.165, 1.54) is 10.6 Å². The van der Waals surface area contributed by atoms with E-state index in [0.29, 0.717) is 12.0 Å². The molecule has 1 aliphatic carbocycles.